The fourth-order valence-corrected chi connectivity index (χ4v) is 2.72. The second kappa shape index (κ2) is 9.53. The summed E-state index contributed by atoms with van der Waals surface area (Å²) in [5.41, 5.74) is -0.117. The van der Waals surface area contributed by atoms with Gasteiger partial charge in [0.2, 0.25) is 0 Å². The Bertz CT molecular complexity index is 972. The van der Waals surface area contributed by atoms with Crippen LogP contribution in [0.4, 0.5) is 5.69 Å². The summed E-state index contributed by atoms with van der Waals surface area (Å²) < 4.78 is 9.28. The monoisotopic (exact) mass is 414 g/mol. The van der Waals surface area contributed by atoms with Crippen molar-refractivity contribution in [1.82, 2.24) is 4.90 Å². The van der Waals surface area contributed by atoms with Crippen molar-refractivity contribution < 1.29 is 33.8 Å². The number of esters is 2. The van der Waals surface area contributed by atoms with Gasteiger partial charge in [-0.15, -0.1) is 0 Å². The molecule has 0 spiro atoms. The van der Waals surface area contributed by atoms with Gasteiger partial charge in [-0.05, 0) is 30.7 Å². The Labute approximate surface area is 171 Å². The summed E-state index contributed by atoms with van der Waals surface area (Å²) in [6, 6.07) is 4.28. The number of rotatable bonds is 6. The van der Waals surface area contributed by atoms with Crippen LogP contribution >= 0.6 is 0 Å². The summed E-state index contributed by atoms with van der Waals surface area (Å²) in [7, 11) is 2.33. The van der Waals surface area contributed by atoms with Crippen LogP contribution in [0.5, 0.6) is 0 Å². The molecule has 1 unspecified atom stereocenters. The molecule has 1 heterocycles. The average Bonchev–Trinajstić information content (AvgIpc) is 2.75. The van der Waals surface area contributed by atoms with E-state index in [0.717, 1.165) is 4.90 Å². The molecule has 1 N–H and O–H groups in total. The van der Waals surface area contributed by atoms with Gasteiger partial charge in [-0.25, -0.2) is 9.59 Å². The van der Waals surface area contributed by atoms with Crippen molar-refractivity contribution in [2.45, 2.75) is 13.0 Å². The minimum absolute atomic E-state index is 0.00591. The van der Waals surface area contributed by atoms with Crippen LogP contribution in [-0.2, 0) is 19.1 Å². The van der Waals surface area contributed by atoms with Crippen LogP contribution in [0.25, 0.3) is 0 Å². The molecule has 30 heavy (non-hydrogen) atoms. The maximum atomic E-state index is 12.6. The van der Waals surface area contributed by atoms with Crippen molar-refractivity contribution in [3.05, 3.63) is 40.5 Å². The number of carbonyl (C=O) groups is 4. The molecule has 11 heteroatoms. The quantitative estimate of drug-likeness (QED) is 0.408. The Morgan fingerprint density at radius 2 is 1.73 bits per heavy atom. The predicted molar refractivity (Wildman–Crippen MR) is 99.5 cm³/mol. The first-order valence-corrected chi connectivity index (χ1v) is 8.59. The number of methoxy groups -OCH3 is 2. The molecule has 0 bridgehead atoms. The van der Waals surface area contributed by atoms with E-state index in [1.165, 1.54) is 39.3 Å². The first kappa shape index (κ1) is 22.4. The Balaban J connectivity index is 2.51. The molecule has 0 saturated heterocycles. The summed E-state index contributed by atoms with van der Waals surface area (Å²) in [4.78, 5) is 49.3. The van der Waals surface area contributed by atoms with Crippen LogP contribution in [0.15, 0.2) is 39.6 Å². The number of ether oxygens (including phenoxy) is 2. The third kappa shape index (κ3) is 4.39. The molecule has 0 fully saturated rings. The number of β-amino-alcohol motifs (C(OH)–C–C–N with tert-alkyl or cyclic N) is 1. The van der Waals surface area contributed by atoms with Gasteiger partial charge in [0.15, 0.2) is 6.04 Å². The van der Waals surface area contributed by atoms with Crippen LogP contribution in [-0.4, -0.2) is 67.2 Å². The average molecular weight is 414 g/mol. The number of hydrogen-bond donors (Lipinski definition) is 1. The SMILES string of the molecule is COC(=O)c1cc(N=NC2C(=O)N(CCO)C(=O)C(C#N)=C2C)cc(C(=O)OC)c1. The van der Waals surface area contributed by atoms with E-state index in [2.05, 4.69) is 19.7 Å². The molecule has 1 atom stereocenters. The molecule has 0 aromatic heterocycles. The lowest BCUT2D eigenvalue weighted by atomic mass is 9.96. The first-order chi connectivity index (χ1) is 14.3. The topological polar surface area (TPSA) is 159 Å². The largest absolute Gasteiger partial charge is 0.465 e. The van der Waals surface area contributed by atoms with Gasteiger partial charge in [0.25, 0.3) is 11.8 Å². The third-order valence-electron chi connectivity index (χ3n) is 4.25. The second-order valence-corrected chi connectivity index (χ2v) is 6.06. The Morgan fingerprint density at radius 3 is 2.20 bits per heavy atom. The zero-order valence-electron chi connectivity index (χ0n) is 16.4. The number of carbonyl (C=O) groups excluding carboxylic acids is 4. The normalized spacial score (nSPS) is 16.6. The van der Waals surface area contributed by atoms with E-state index in [1.54, 1.807) is 6.07 Å². The fourth-order valence-electron chi connectivity index (χ4n) is 2.72. The molecule has 0 saturated carbocycles. The molecule has 2 amide bonds. The van der Waals surface area contributed by atoms with Gasteiger partial charge in [-0.3, -0.25) is 14.5 Å². The number of aliphatic hydroxyl groups excluding tert-OH is 1. The molecule has 2 rings (SSSR count). The van der Waals surface area contributed by atoms with Crippen LogP contribution in [0.1, 0.15) is 27.6 Å². The number of benzene rings is 1. The van der Waals surface area contributed by atoms with Crippen molar-refractivity contribution in [2.24, 2.45) is 10.2 Å². The van der Waals surface area contributed by atoms with Gasteiger partial charge in [0, 0.05) is 0 Å². The van der Waals surface area contributed by atoms with E-state index in [9.17, 15) is 24.4 Å². The van der Waals surface area contributed by atoms with E-state index in [1.807, 2.05) is 0 Å². The second-order valence-electron chi connectivity index (χ2n) is 6.06. The minimum atomic E-state index is -1.28. The Kier molecular flexibility index (Phi) is 7.11. The highest BCUT2D eigenvalue weighted by atomic mass is 16.5. The number of nitriles is 1. The van der Waals surface area contributed by atoms with Crippen LogP contribution in [0, 0.1) is 11.3 Å². The lowest BCUT2D eigenvalue weighted by molar-refractivity contribution is -0.144. The van der Waals surface area contributed by atoms with Crippen molar-refractivity contribution >= 4 is 29.4 Å². The van der Waals surface area contributed by atoms with Crippen molar-refractivity contribution in [3.63, 3.8) is 0 Å². The maximum absolute atomic E-state index is 12.6. The maximum Gasteiger partial charge on any atom is 0.337 e. The number of aliphatic hydroxyl groups is 1. The molecule has 0 radical (unpaired) electrons. The molecule has 1 aliphatic heterocycles. The van der Waals surface area contributed by atoms with Gasteiger partial charge in [-0.2, -0.15) is 15.5 Å². The molecule has 156 valence electrons. The van der Waals surface area contributed by atoms with Crippen molar-refractivity contribution in [2.75, 3.05) is 27.4 Å². The minimum Gasteiger partial charge on any atom is -0.465 e. The zero-order chi connectivity index (χ0) is 22.4. The van der Waals surface area contributed by atoms with Crippen molar-refractivity contribution in [3.8, 4) is 6.07 Å². The predicted octanol–water partition coefficient (Wildman–Crippen LogP) is 0.913. The van der Waals surface area contributed by atoms with Crippen LogP contribution < -0.4 is 0 Å². The molecule has 11 nitrogen and oxygen atoms in total. The zero-order valence-corrected chi connectivity index (χ0v) is 16.4. The highest BCUT2D eigenvalue weighted by Crippen LogP contribution is 2.26. The molecule has 1 aromatic carbocycles. The smallest absolute Gasteiger partial charge is 0.337 e. The lowest BCUT2D eigenvalue weighted by Crippen LogP contribution is -2.49. The number of hydrogen-bond acceptors (Lipinski definition) is 10. The summed E-state index contributed by atoms with van der Waals surface area (Å²) in [6.45, 7) is 0.619. The van der Waals surface area contributed by atoms with Gasteiger partial charge >= 0.3 is 11.9 Å². The summed E-state index contributed by atoms with van der Waals surface area (Å²) in [6.07, 6.45) is 0. The number of azo groups is 1. The highest BCUT2D eigenvalue weighted by molar-refractivity contribution is 6.12. The standard InChI is InChI=1S/C19H18N4O7/c1-10-14(9-20)16(25)23(4-5-24)17(26)15(10)22-21-13-7-11(18(27)29-2)6-12(8-13)19(28)30-3/h6-8,15,24H,4-5H2,1-3H3. The van der Waals surface area contributed by atoms with E-state index in [0.29, 0.717) is 0 Å². The number of nitrogens with zero attached hydrogens (tertiary/aromatic N) is 4. The first-order valence-electron chi connectivity index (χ1n) is 8.59. The van der Waals surface area contributed by atoms with E-state index < -0.39 is 36.4 Å². The van der Waals surface area contributed by atoms with Gasteiger partial charge in [0.05, 0.1) is 44.2 Å². The molecule has 1 aromatic rings. The summed E-state index contributed by atoms with van der Waals surface area (Å²) in [5.74, 6) is -3.03. The molecular weight excluding hydrogens is 396 g/mol. The Morgan fingerprint density at radius 1 is 1.17 bits per heavy atom. The number of amides is 2. The lowest BCUT2D eigenvalue weighted by Gasteiger charge is -2.28. The van der Waals surface area contributed by atoms with Crippen LogP contribution in [0.3, 0.4) is 0 Å². The Hall–Kier alpha value is -3.91. The third-order valence-corrected chi connectivity index (χ3v) is 4.25. The number of imide groups is 1. The molecule has 1 aliphatic rings. The fraction of sp³-hybridized carbons (Fsp3) is 0.316. The van der Waals surface area contributed by atoms with E-state index in [4.69, 9.17) is 5.11 Å². The summed E-state index contributed by atoms with van der Waals surface area (Å²) in [5, 5.41) is 26.2. The highest BCUT2D eigenvalue weighted by Gasteiger charge is 2.39. The van der Waals surface area contributed by atoms with E-state index >= 15 is 0 Å². The van der Waals surface area contributed by atoms with E-state index in [-0.39, 0.29) is 34.5 Å². The molecular formula is C19H18N4O7. The van der Waals surface area contributed by atoms with Crippen LogP contribution in [0.2, 0.25) is 0 Å². The summed E-state index contributed by atoms with van der Waals surface area (Å²) >= 11 is 0. The van der Waals surface area contributed by atoms with Gasteiger partial charge in [0.1, 0.15) is 11.6 Å². The van der Waals surface area contributed by atoms with Gasteiger partial charge < -0.3 is 14.6 Å². The molecule has 0 aliphatic carbocycles. The van der Waals surface area contributed by atoms with Gasteiger partial charge in [-0.1, -0.05) is 0 Å². The van der Waals surface area contributed by atoms with Crippen molar-refractivity contribution in [1.29, 1.82) is 5.26 Å².